The van der Waals surface area contributed by atoms with Gasteiger partial charge in [0, 0.05) is 29.3 Å². The third-order valence-electron chi connectivity index (χ3n) is 8.18. The first-order valence-electron chi connectivity index (χ1n) is 13.9. The molecule has 0 saturated heterocycles. The minimum atomic E-state index is -0.544. The number of ketones is 1. The van der Waals surface area contributed by atoms with Crippen molar-refractivity contribution in [3.8, 4) is 17.2 Å². The highest BCUT2D eigenvalue weighted by Crippen LogP contribution is 2.48. The van der Waals surface area contributed by atoms with Crippen molar-refractivity contribution in [3.05, 3.63) is 64.9 Å². The zero-order chi connectivity index (χ0) is 27.5. The number of rotatable bonds is 8. The summed E-state index contributed by atoms with van der Waals surface area (Å²) in [6.07, 6.45) is 4.76. The number of hydrogen-bond acceptors (Lipinski definition) is 7. The molecule has 1 aliphatic heterocycles. The number of para-hydroxylation sites is 1. The van der Waals surface area contributed by atoms with Crippen LogP contribution in [-0.4, -0.2) is 44.4 Å². The molecule has 0 aromatic heterocycles. The summed E-state index contributed by atoms with van der Waals surface area (Å²) < 4.78 is 22.9. The minimum absolute atomic E-state index is 0.0464. The number of carbonyl (C=O) groups is 2. The van der Waals surface area contributed by atoms with E-state index in [1.54, 1.807) is 14.2 Å². The molecular formula is C32H37NO6. The lowest BCUT2D eigenvalue weighted by Gasteiger charge is -2.38. The zero-order valence-corrected chi connectivity index (χ0v) is 23.2. The fraction of sp³-hybridized carbons (Fsp3) is 0.469. The third-order valence-corrected chi connectivity index (χ3v) is 8.18. The molecule has 7 nitrogen and oxygen atoms in total. The number of allylic oxidation sites excluding steroid dienone is 1. The van der Waals surface area contributed by atoms with Gasteiger partial charge in [-0.15, -0.1) is 0 Å². The van der Waals surface area contributed by atoms with E-state index < -0.39 is 11.8 Å². The van der Waals surface area contributed by atoms with Crippen LogP contribution in [-0.2, 0) is 14.3 Å². The molecule has 5 rings (SSSR count). The van der Waals surface area contributed by atoms with Gasteiger partial charge in [-0.25, -0.2) is 4.79 Å². The van der Waals surface area contributed by atoms with Gasteiger partial charge >= 0.3 is 5.97 Å². The average molecular weight is 532 g/mol. The number of benzene rings is 2. The van der Waals surface area contributed by atoms with Crippen molar-refractivity contribution in [2.45, 2.75) is 70.3 Å². The SMILES string of the molecule is CCOc1ccccc1[C@H]1C(C(=O)OC2CCCC2)=C(C)N=C2C[C@H](c3ccc(OC)c(OC)c3)CC(=O)C21. The maximum Gasteiger partial charge on any atom is 0.336 e. The van der Waals surface area contributed by atoms with Gasteiger partial charge in [0.1, 0.15) is 17.6 Å². The van der Waals surface area contributed by atoms with Crippen LogP contribution in [0.1, 0.15) is 75.3 Å². The average Bonchev–Trinajstić information content (AvgIpc) is 3.45. The maximum atomic E-state index is 14.0. The van der Waals surface area contributed by atoms with Gasteiger partial charge in [-0.2, -0.15) is 0 Å². The molecular weight excluding hydrogens is 494 g/mol. The Bertz CT molecular complexity index is 1310. The van der Waals surface area contributed by atoms with E-state index in [9.17, 15) is 9.59 Å². The van der Waals surface area contributed by atoms with Crippen molar-refractivity contribution in [2.24, 2.45) is 10.9 Å². The van der Waals surface area contributed by atoms with Gasteiger partial charge in [0.15, 0.2) is 11.5 Å². The van der Waals surface area contributed by atoms with Crippen LogP contribution in [0.15, 0.2) is 58.7 Å². The van der Waals surface area contributed by atoms with Gasteiger partial charge in [0.2, 0.25) is 0 Å². The number of Topliss-reactive ketones (excluding diaryl/α,β-unsaturated/α-hetero) is 1. The van der Waals surface area contributed by atoms with Crippen molar-refractivity contribution in [1.82, 2.24) is 0 Å². The van der Waals surface area contributed by atoms with E-state index in [0.717, 1.165) is 42.5 Å². The largest absolute Gasteiger partial charge is 0.494 e. The summed E-state index contributed by atoms with van der Waals surface area (Å²) in [4.78, 5) is 32.6. The molecule has 2 aliphatic carbocycles. The van der Waals surface area contributed by atoms with Gasteiger partial charge in [-0.1, -0.05) is 24.3 Å². The first-order chi connectivity index (χ1) is 18.9. The first kappa shape index (κ1) is 27.0. The smallest absolute Gasteiger partial charge is 0.336 e. The number of hydrogen-bond donors (Lipinski definition) is 0. The molecule has 3 aliphatic rings. The van der Waals surface area contributed by atoms with E-state index in [2.05, 4.69) is 0 Å². The predicted octanol–water partition coefficient (Wildman–Crippen LogP) is 6.16. The summed E-state index contributed by atoms with van der Waals surface area (Å²) in [6.45, 7) is 4.27. The molecule has 0 spiro atoms. The third kappa shape index (κ3) is 5.32. The number of carbonyl (C=O) groups excluding carboxylic acids is 2. The number of aliphatic imine (C=N–C) groups is 1. The lowest BCUT2D eigenvalue weighted by Crippen LogP contribution is -2.41. The van der Waals surface area contributed by atoms with Crippen LogP contribution in [0.5, 0.6) is 17.2 Å². The van der Waals surface area contributed by atoms with Crippen LogP contribution in [0.4, 0.5) is 0 Å². The Hall–Kier alpha value is -3.61. The Kier molecular flexibility index (Phi) is 8.05. The van der Waals surface area contributed by atoms with E-state index in [0.29, 0.717) is 48.0 Å². The second-order valence-corrected chi connectivity index (χ2v) is 10.5. The minimum Gasteiger partial charge on any atom is -0.494 e. The maximum absolute atomic E-state index is 14.0. The molecule has 3 atom stereocenters. The first-order valence-corrected chi connectivity index (χ1v) is 13.9. The summed E-state index contributed by atoms with van der Waals surface area (Å²) in [5.41, 5.74) is 3.72. The van der Waals surface area contributed by atoms with Crippen LogP contribution in [0.3, 0.4) is 0 Å². The molecule has 7 heteroatoms. The van der Waals surface area contributed by atoms with E-state index in [1.807, 2.05) is 56.3 Å². The van der Waals surface area contributed by atoms with E-state index in [1.165, 1.54) is 0 Å². The number of esters is 1. The van der Waals surface area contributed by atoms with Crippen molar-refractivity contribution in [3.63, 3.8) is 0 Å². The highest BCUT2D eigenvalue weighted by molar-refractivity contribution is 6.12. The Morgan fingerprint density at radius 3 is 2.41 bits per heavy atom. The molecule has 0 radical (unpaired) electrons. The molecule has 1 heterocycles. The van der Waals surface area contributed by atoms with Crippen molar-refractivity contribution < 1.29 is 28.5 Å². The van der Waals surface area contributed by atoms with Crippen molar-refractivity contribution in [1.29, 1.82) is 0 Å². The summed E-state index contributed by atoms with van der Waals surface area (Å²) in [5, 5.41) is 0. The molecule has 2 aromatic rings. The highest BCUT2D eigenvalue weighted by Gasteiger charge is 2.47. The lowest BCUT2D eigenvalue weighted by molar-refractivity contribution is -0.144. The van der Waals surface area contributed by atoms with Gasteiger partial charge in [-0.05, 0) is 75.6 Å². The highest BCUT2D eigenvalue weighted by atomic mass is 16.5. The van der Waals surface area contributed by atoms with E-state index in [4.69, 9.17) is 23.9 Å². The molecule has 0 N–H and O–H groups in total. The van der Waals surface area contributed by atoms with E-state index in [-0.39, 0.29) is 23.8 Å². The van der Waals surface area contributed by atoms with Crippen LogP contribution >= 0.6 is 0 Å². The van der Waals surface area contributed by atoms with Crippen LogP contribution < -0.4 is 14.2 Å². The normalized spacial score (nSPS) is 23.2. The standard InChI is InChI=1S/C32H37NO6/c1-5-38-26-13-9-8-12-23(26)30-29(32(35)39-22-10-6-7-11-22)19(2)33-24-16-21(17-25(34)31(24)30)20-14-15-27(36-3)28(18-20)37-4/h8-9,12-15,18,21-22,30-31H,5-7,10-11,16-17H2,1-4H3/t21-,30-,31?/m0/s1. The Labute approximate surface area is 230 Å². The predicted molar refractivity (Wildman–Crippen MR) is 149 cm³/mol. The number of nitrogens with zero attached hydrogens (tertiary/aromatic N) is 1. The van der Waals surface area contributed by atoms with Crippen molar-refractivity contribution in [2.75, 3.05) is 20.8 Å². The monoisotopic (exact) mass is 531 g/mol. The second-order valence-electron chi connectivity index (χ2n) is 10.5. The van der Waals surface area contributed by atoms with Crippen LogP contribution in [0.2, 0.25) is 0 Å². The number of fused-ring (bicyclic) bond motifs is 1. The molecule has 1 unspecified atom stereocenters. The molecule has 0 bridgehead atoms. The van der Waals surface area contributed by atoms with Gasteiger partial charge in [-0.3, -0.25) is 9.79 Å². The quantitative estimate of drug-likeness (QED) is 0.379. The lowest BCUT2D eigenvalue weighted by atomic mass is 9.66. The summed E-state index contributed by atoms with van der Waals surface area (Å²) in [6, 6.07) is 13.5. The summed E-state index contributed by atoms with van der Waals surface area (Å²) in [7, 11) is 3.21. The Morgan fingerprint density at radius 2 is 1.69 bits per heavy atom. The Balaban J connectivity index is 1.56. The molecule has 2 aromatic carbocycles. The fourth-order valence-electron chi connectivity index (χ4n) is 6.37. The topological polar surface area (TPSA) is 83.4 Å². The number of methoxy groups -OCH3 is 2. The molecule has 0 amide bonds. The molecule has 2 fully saturated rings. The van der Waals surface area contributed by atoms with Crippen LogP contribution in [0.25, 0.3) is 0 Å². The Morgan fingerprint density at radius 1 is 0.949 bits per heavy atom. The summed E-state index contributed by atoms with van der Waals surface area (Å²) >= 11 is 0. The molecule has 2 saturated carbocycles. The summed E-state index contributed by atoms with van der Waals surface area (Å²) in [5.74, 6) is 0.559. The van der Waals surface area contributed by atoms with Crippen LogP contribution in [0, 0.1) is 5.92 Å². The van der Waals surface area contributed by atoms with Gasteiger partial charge < -0.3 is 18.9 Å². The van der Waals surface area contributed by atoms with Gasteiger partial charge in [0.05, 0.1) is 32.3 Å². The molecule has 39 heavy (non-hydrogen) atoms. The van der Waals surface area contributed by atoms with E-state index >= 15 is 0 Å². The fourth-order valence-corrected chi connectivity index (χ4v) is 6.37. The van der Waals surface area contributed by atoms with Gasteiger partial charge in [0.25, 0.3) is 0 Å². The zero-order valence-electron chi connectivity index (χ0n) is 23.2. The number of ether oxygens (including phenoxy) is 4. The van der Waals surface area contributed by atoms with Crippen molar-refractivity contribution >= 4 is 17.5 Å². The second kappa shape index (κ2) is 11.6. The molecule has 206 valence electrons.